The number of aliphatic imine (C=N–C) groups is 1. The second-order valence-corrected chi connectivity index (χ2v) is 1.69. The van der Waals surface area contributed by atoms with Gasteiger partial charge in [0.15, 0.2) is 0 Å². The van der Waals surface area contributed by atoms with Crippen molar-refractivity contribution in [2.75, 3.05) is 6.54 Å². The predicted octanol–water partition coefficient (Wildman–Crippen LogP) is 0.0908. The Balaban J connectivity index is 2.35. The maximum Gasteiger partial charge on any atom is 0.269 e. The molecule has 0 aliphatic carbocycles. The molecule has 1 heterocycles. The summed E-state index contributed by atoms with van der Waals surface area (Å²) >= 11 is 0. The van der Waals surface area contributed by atoms with Crippen molar-refractivity contribution in [1.82, 2.24) is 5.32 Å². The highest BCUT2D eigenvalue weighted by Gasteiger charge is 2.08. The molecular formula is C6H8N2O. The Morgan fingerprint density at radius 3 is 2.89 bits per heavy atom. The van der Waals surface area contributed by atoms with Gasteiger partial charge in [-0.05, 0) is 13.0 Å². The van der Waals surface area contributed by atoms with E-state index in [4.69, 9.17) is 0 Å². The molecule has 3 nitrogen and oxygen atoms in total. The third-order valence-corrected chi connectivity index (χ3v) is 1.02. The summed E-state index contributed by atoms with van der Waals surface area (Å²) in [7, 11) is 0. The number of carbonyl (C=O) groups excluding carboxylic acids is 1. The minimum absolute atomic E-state index is 0.0833. The minimum atomic E-state index is -0.0833. The summed E-state index contributed by atoms with van der Waals surface area (Å²) in [6, 6.07) is 0. The van der Waals surface area contributed by atoms with E-state index in [1.165, 1.54) is 0 Å². The molecule has 3 heteroatoms. The number of nitrogens with one attached hydrogen (secondary N) is 1. The van der Waals surface area contributed by atoms with Crippen LogP contribution in [0.1, 0.15) is 6.92 Å². The zero-order valence-electron chi connectivity index (χ0n) is 5.22. The summed E-state index contributed by atoms with van der Waals surface area (Å²) in [5.41, 5.74) is 0.525. The number of carbonyl (C=O) groups is 1. The largest absolute Gasteiger partial charge is 0.351 e. The van der Waals surface area contributed by atoms with Crippen LogP contribution in [0.3, 0.4) is 0 Å². The smallest absolute Gasteiger partial charge is 0.269 e. The van der Waals surface area contributed by atoms with Crippen LogP contribution in [-0.4, -0.2) is 18.2 Å². The first-order valence-corrected chi connectivity index (χ1v) is 2.87. The van der Waals surface area contributed by atoms with Crippen molar-refractivity contribution in [3.05, 3.63) is 12.3 Å². The number of hydrogen-bond acceptors (Lipinski definition) is 2. The molecule has 0 aromatic rings. The van der Waals surface area contributed by atoms with Gasteiger partial charge in [0, 0.05) is 12.7 Å². The Hall–Kier alpha value is -1.12. The summed E-state index contributed by atoms with van der Waals surface area (Å²) in [6.07, 6.45) is 3.29. The van der Waals surface area contributed by atoms with Gasteiger partial charge in [-0.15, -0.1) is 0 Å². The fourth-order valence-corrected chi connectivity index (χ4v) is 0.535. The van der Waals surface area contributed by atoms with Gasteiger partial charge in [-0.1, -0.05) is 0 Å². The van der Waals surface area contributed by atoms with Gasteiger partial charge in [-0.25, -0.2) is 0 Å². The standard InChI is InChI=1S/C6H8N2O/c1-2-7-6(9)5-3-4-8-5/h3-4H,2H2,1H3,(H,7,9). The average molecular weight is 124 g/mol. The van der Waals surface area contributed by atoms with E-state index in [0.29, 0.717) is 12.3 Å². The van der Waals surface area contributed by atoms with Crippen LogP contribution in [0.2, 0.25) is 0 Å². The lowest BCUT2D eigenvalue weighted by Crippen LogP contribution is -2.31. The molecule has 1 amide bonds. The van der Waals surface area contributed by atoms with E-state index in [1.54, 1.807) is 12.3 Å². The SMILES string of the molecule is CCNC(=O)C1=NC=C1. The van der Waals surface area contributed by atoms with E-state index in [0.717, 1.165) is 0 Å². The topological polar surface area (TPSA) is 41.5 Å². The maximum absolute atomic E-state index is 10.7. The maximum atomic E-state index is 10.7. The molecule has 0 atom stereocenters. The molecule has 0 aromatic carbocycles. The van der Waals surface area contributed by atoms with Gasteiger partial charge in [0.25, 0.3) is 5.91 Å². The molecule has 1 N–H and O–H groups in total. The second-order valence-electron chi connectivity index (χ2n) is 1.69. The van der Waals surface area contributed by atoms with Crippen molar-refractivity contribution in [3.8, 4) is 0 Å². The Kier molecular flexibility index (Phi) is 1.63. The normalized spacial score (nSPS) is 14.1. The number of amides is 1. The molecule has 48 valence electrons. The summed E-state index contributed by atoms with van der Waals surface area (Å²) in [6.45, 7) is 2.53. The third-order valence-electron chi connectivity index (χ3n) is 1.02. The van der Waals surface area contributed by atoms with E-state index < -0.39 is 0 Å². The van der Waals surface area contributed by atoms with Crippen LogP contribution in [0.4, 0.5) is 0 Å². The van der Waals surface area contributed by atoms with Crippen LogP contribution in [0, 0.1) is 0 Å². The van der Waals surface area contributed by atoms with Gasteiger partial charge >= 0.3 is 0 Å². The van der Waals surface area contributed by atoms with Crippen LogP contribution in [0.5, 0.6) is 0 Å². The van der Waals surface area contributed by atoms with Crippen LogP contribution >= 0.6 is 0 Å². The molecule has 0 unspecified atom stereocenters. The van der Waals surface area contributed by atoms with Gasteiger partial charge in [0.1, 0.15) is 5.71 Å². The summed E-state index contributed by atoms with van der Waals surface area (Å²) < 4.78 is 0. The van der Waals surface area contributed by atoms with Gasteiger partial charge in [0.2, 0.25) is 0 Å². The van der Waals surface area contributed by atoms with Gasteiger partial charge in [-0.2, -0.15) is 0 Å². The molecule has 0 saturated heterocycles. The fourth-order valence-electron chi connectivity index (χ4n) is 0.535. The summed E-state index contributed by atoms with van der Waals surface area (Å²) in [4.78, 5) is 14.4. The monoisotopic (exact) mass is 124 g/mol. The van der Waals surface area contributed by atoms with Crippen LogP contribution in [0.25, 0.3) is 0 Å². The second kappa shape index (κ2) is 2.44. The predicted molar refractivity (Wildman–Crippen MR) is 35.3 cm³/mol. The zero-order valence-corrected chi connectivity index (χ0v) is 5.22. The lowest BCUT2D eigenvalue weighted by Gasteiger charge is -2.03. The van der Waals surface area contributed by atoms with Crippen LogP contribution in [0.15, 0.2) is 17.3 Å². The van der Waals surface area contributed by atoms with E-state index in [-0.39, 0.29) is 5.91 Å². The number of nitrogens with zero attached hydrogens (tertiary/aromatic N) is 1. The molecule has 9 heavy (non-hydrogen) atoms. The highest BCUT2D eigenvalue weighted by molar-refractivity contribution is 6.45. The van der Waals surface area contributed by atoms with Crippen molar-refractivity contribution >= 4 is 11.6 Å². The van der Waals surface area contributed by atoms with Crippen LogP contribution in [-0.2, 0) is 4.79 Å². The van der Waals surface area contributed by atoms with Crippen molar-refractivity contribution in [3.63, 3.8) is 0 Å². The van der Waals surface area contributed by atoms with Crippen LogP contribution < -0.4 is 5.32 Å². The third kappa shape index (κ3) is 1.16. The number of rotatable bonds is 2. The van der Waals surface area contributed by atoms with Crippen molar-refractivity contribution in [1.29, 1.82) is 0 Å². The molecule has 0 fully saturated rings. The first-order valence-electron chi connectivity index (χ1n) is 2.87. The van der Waals surface area contributed by atoms with E-state index in [2.05, 4.69) is 10.3 Å². The quantitative estimate of drug-likeness (QED) is 0.557. The highest BCUT2D eigenvalue weighted by atomic mass is 16.1. The molecule has 1 aliphatic rings. The Morgan fingerprint density at radius 2 is 2.56 bits per heavy atom. The number of hydrogen-bond donors (Lipinski definition) is 1. The molecule has 0 bridgehead atoms. The van der Waals surface area contributed by atoms with E-state index in [1.807, 2.05) is 6.92 Å². The highest BCUT2D eigenvalue weighted by Crippen LogP contribution is 1.94. The summed E-state index contributed by atoms with van der Waals surface area (Å²) in [5.74, 6) is -0.0833. The molecule has 0 aromatic heterocycles. The van der Waals surface area contributed by atoms with Gasteiger partial charge in [-0.3, -0.25) is 9.79 Å². The fraction of sp³-hybridized carbons (Fsp3) is 0.333. The molecule has 0 spiro atoms. The Bertz CT molecular complexity index is 181. The minimum Gasteiger partial charge on any atom is -0.351 e. The molecule has 1 rings (SSSR count). The van der Waals surface area contributed by atoms with E-state index in [9.17, 15) is 4.79 Å². The molecule has 0 radical (unpaired) electrons. The molecule has 1 aliphatic heterocycles. The van der Waals surface area contributed by atoms with Crippen molar-refractivity contribution < 1.29 is 4.79 Å². The van der Waals surface area contributed by atoms with Crippen molar-refractivity contribution in [2.45, 2.75) is 6.92 Å². The molecule has 0 saturated carbocycles. The molecular weight excluding hydrogens is 116 g/mol. The average Bonchev–Trinajstić information content (AvgIpc) is 1.60. The van der Waals surface area contributed by atoms with Crippen molar-refractivity contribution in [2.24, 2.45) is 4.99 Å². The van der Waals surface area contributed by atoms with Gasteiger partial charge in [0.05, 0.1) is 0 Å². The first-order chi connectivity index (χ1) is 4.34. The lowest BCUT2D eigenvalue weighted by molar-refractivity contribution is -0.114. The lowest BCUT2D eigenvalue weighted by atomic mass is 10.3. The summed E-state index contributed by atoms with van der Waals surface area (Å²) in [5, 5.41) is 2.63. The van der Waals surface area contributed by atoms with Gasteiger partial charge < -0.3 is 5.32 Å². The van der Waals surface area contributed by atoms with E-state index >= 15 is 0 Å². The Labute approximate surface area is 53.5 Å². The zero-order chi connectivity index (χ0) is 6.69. The Morgan fingerprint density at radius 1 is 1.89 bits per heavy atom. The first kappa shape index (κ1) is 6.01.